The lowest BCUT2D eigenvalue weighted by molar-refractivity contribution is 0.195. The van der Waals surface area contributed by atoms with Gasteiger partial charge in [0.1, 0.15) is 0 Å². The minimum Gasteiger partial charge on any atom is -0.380 e. The van der Waals surface area contributed by atoms with E-state index >= 15 is 0 Å². The molecule has 1 aromatic rings. The molecule has 1 aliphatic heterocycles. The first-order valence-corrected chi connectivity index (χ1v) is 6.38. The first kappa shape index (κ1) is 10.2. The van der Waals surface area contributed by atoms with E-state index in [-0.39, 0.29) is 0 Å². The number of nitrogens with one attached hydrogen (secondary N) is 1. The van der Waals surface area contributed by atoms with Gasteiger partial charge in [-0.3, -0.25) is 0 Å². The zero-order valence-electron chi connectivity index (χ0n) is 9.67. The van der Waals surface area contributed by atoms with E-state index in [2.05, 4.69) is 23.5 Å². The fourth-order valence-corrected chi connectivity index (χ4v) is 2.78. The van der Waals surface area contributed by atoms with Crippen molar-refractivity contribution in [1.82, 2.24) is 0 Å². The van der Waals surface area contributed by atoms with E-state index < -0.39 is 0 Å². The van der Waals surface area contributed by atoms with Crippen molar-refractivity contribution in [1.29, 1.82) is 0 Å². The highest BCUT2D eigenvalue weighted by Crippen LogP contribution is 2.28. The molecule has 2 heteroatoms. The first-order valence-electron chi connectivity index (χ1n) is 6.38. The molecule has 1 heterocycles. The van der Waals surface area contributed by atoms with Gasteiger partial charge in [-0.1, -0.05) is 12.1 Å². The molecule has 0 saturated carbocycles. The molecule has 3 rings (SSSR count). The van der Waals surface area contributed by atoms with E-state index in [1.165, 1.54) is 31.4 Å². The van der Waals surface area contributed by atoms with E-state index in [9.17, 15) is 0 Å². The molecule has 0 amide bonds. The average molecular weight is 217 g/mol. The van der Waals surface area contributed by atoms with Crippen LogP contribution in [0.2, 0.25) is 0 Å². The Hall–Kier alpha value is -1.02. The van der Waals surface area contributed by atoms with Crippen LogP contribution in [0, 0.1) is 0 Å². The van der Waals surface area contributed by atoms with Crippen LogP contribution in [0.15, 0.2) is 18.2 Å². The third-order valence-corrected chi connectivity index (χ3v) is 3.69. The lowest BCUT2D eigenvalue weighted by Gasteiger charge is -2.22. The summed E-state index contributed by atoms with van der Waals surface area (Å²) in [6.07, 6.45) is 6.33. The van der Waals surface area contributed by atoms with Crippen LogP contribution in [0.1, 0.15) is 30.4 Å². The van der Waals surface area contributed by atoms with E-state index in [1.807, 2.05) is 0 Å². The predicted octanol–water partition coefficient (Wildman–Crippen LogP) is 2.77. The van der Waals surface area contributed by atoms with Gasteiger partial charge < -0.3 is 10.1 Å². The van der Waals surface area contributed by atoms with Crippen molar-refractivity contribution in [3.05, 3.63) is 29.3 Å². The molecule has 1 N–H and O–H groups in total. The molecule has 0 bridgehead atoms. The monoisotopic (exact) mass is 217 g/mol. The van der Waals surface area contributed by atoms with Gasteiger partial charge in [0, 0.05) is 12.3 Å². The Morgan fingerprint density at radius 1 is 1.19 bits per heavy atom. The number of benzene rings is 1. The highest BCUT2D eigenvalue weighted by molar-refractivity contribution is 5.56. The summed E-state index contributed by atoms with van der Waals surface area (Å²) >= 11 is 0. The van der Waals surface area contributed by atoms with E-state index in [0.717, 1.165) is 19.6 Å². The van der Waals surface area contributed by atoms with Crippen LogP contribution in [-0.2, 0) is 17.6 Å². The first-order chi connectivity index (χ1) is 7.93. The van der Waals surface area contributed by atoms with Crippen LogP contribution in [0.5, 0.6) is 0 Å². The molecule has 1 saturated heterocycles. The maximum Gasteiger partial charge on any atom is 0.0668 e. The van der Waals surface area contributed by atoms with Gasteiger partial charge in [0.2, 0.25) is 0 Å². The van der Waals surface area contributed by atoms with Gasteiger partial charge in [0.25, 0.3) is 0 Å². The van der Waals surface area contributed by atoms with Crippen molar-refractivity contribution in [3.8, 4) is 0 Å². The molecule has 0 spiro atoms. The van der Waals surface area contributed by atoms with Crippen molar-refractivity contribution in [2.45, 2.75) is 38.1 Å². The summed E-state index contributed by atoms with van der Waals surface area (Å²) in [6, 6.07) is 7.21. The summed E-state index contributed by atoms with van der Waals surface area (Å²) < 4.78 is 5.41. The van der Waals surface area contributed by atoms with Gasteiger partial charge in [-0.25, -0.2) is 0 Å². The Kier molecular flexibility index (Phi) is 2.83. The average Bonchev–Trinajstić information content (AvgIpc) is 2.82. The van der Waals surface area contributed by atoms with Gasteiger partial charge >= 0.3 is 0 Å². The van der Waals surface area contributed by atoms with Gasteiger partial charge in [-0.2, -0.15) is 0 Å². The third-order valence-electron chi connectivity index (χ3n) is 3.69. The number of ether oxygens (including phenoxy) is 1. The standard InChI is InChI=1S/C14H19NO/c1-2-6-13-11(4-1)5-3-7-14(13)15-12-8-9-16-10-12/h3,5,7,12,15H,1-2,4,6,8-10H2. The lowest BCUT2D eigenvalue weighted by atomic mass is 9.90. The highest BCUT2D eigenvalue weighted by Gasteiger charge is 2.18. The van der Waals surface area contributed by atoms with Crippen LogP contribution in [-0.4, -0.2) is 19.3 Å². The van der Waals surface area contributed by atoms with Gasteiger partial charge in [0.05, 0.1) is 12.6 Å². The molecule has 1 unspecified atom stereocenters. The Morgan fingerprint density at radius 3 is 3.00 bits per heavy atom. The summed E-state index contributed by atoms with van der Waals surface area (Å²) in [5.74, 6) is 0. The van der Waals surface area contributed by atoms with Gasteiger partial charge in [0.15, 0.2) is 0 Å². The minimum atomic E-state index is 0.522. The van der Waals surface area contributed by atoms with E-state index in [1.54, 1.807) is 11.1 Å². The van der Waals surface area contributed by atoms with Crippen molar-refractivity contribution in [3.63, 3.8) is 0 Å². The van der Waals surface area contributed by atoms with Crippen molar-refractivity contribution in [2.75, 3.05) is 18.5 Å². The highest BCUT2D eigenvalue weighted by atomic mass is 16.5. The Morgan fingerprint density at radius 2 is 2.12 bits per heavy atom. The zero-order valence-corrected chi connectivity index (χ0v) is 9.67. The number of rotatable bonds is 2. The summed E-state index contributed by atoms with van der Waals surface area (Å²) in [5, 5.41) is 3.64. The molecule has 0 radical (unpaired) electrons. The fraction of sp³-hybridized carbons (Fsp3) is 0.571. The van der Waals surface area contributed by atoms with Crippen LogP contribution >= 0.6 is 0 Å². The second kappa shape index (κ2) is 4.46. The van der Waals surface area contributed by atoms with E-state index in [4.69, 9.17) is 4.74 Å². The van der Waals surface area contributed by atoms with E-state index in [0.29, 0.717) is 6.04 Å². The SMILES string of the molecule is c1cc2c(c(NC3CCOC3)c1)CCCC2. The van der Waals surface area contributed by atoms with Crippen molar-refractivity contribution < 1.29 is 4.74 Å². The summed E-state index contributed by atoms with van der Waals surface area (Å²) in [5.41, 5.74) is 4.46. The predicted molar refractivity (Wildman–Crippen MR) is 65.9 cm³/mol. The van der Waals surface area contributed by atoms with Crippen molar-refractivity contribution in [2.24, 2.45) is 0 Å². The molecule has 16 heavy (non-hydrogen) atoms. The molecule has 1 atom stereocenters. The fourth-order valence-electron chi connectivity index (χ4n) is 2.78. The molecule has 1 aromatic carbocycles. The molecular formula is C14H19NO. The summed E-state index contributed by atoms with van der Waals surface area (Å²) in [7, 11) is 0. The number of hydrogen-bond donors (Lipinski definition) is 1. The number of anilines is 1. The topological polar surface area (TPSA) is 21.3 Å². The molecule has 86 valence electrons. The number of fused-ring (bicyclic) bond motifs is 1. The number of hydrogen-bond acceptors (Lipinski definition) is 2. The third kappa shape index (κ3) is 1.94. The Labute approximate surface area is 97.0 Å². The molecule has 1 aliphatic carbocycles. The molecule has 0 aromatic heterocycles. The summed E-state index contributed by atoms with van der Waals surface area (Å²) in [6.45, 7) is 1.77. The van der Waals surface area contributed by atoms with Gasteiger partial charge in [-0.15, -0.1) is 0 Å². The normalized spacial score (nSPS) is 24.1. The van der Waals surface area contributed by atoms with Gasteiger partial charge in [-0.05, 0) is 49.3 Å². The lowest BCUT2D eigenvalue weighted by Crippen LogP contribution is -2.20. The van der Waals surface area contributed by atoms with Crippen LogP contribution in [0.25, 0.3) is 0 Å². The number of aryl methyl sites for hydroxylation is 1. The molecular weight excluding hydrogens is 198 g/mol. The second-order valence-corrected chi connectivity index (χ2v) is 4.86. The maximum absolute atomic E-state index is 5.41. The molecule has 2 nitrogen and oxygen atoms in total. The smallest absolute Gasteiger partial charge is 0.0668 e. The summed E-state index contributed by atoms with van der Waals surface area (Å²) in [4.78, 5) is 0. The maximum atomic E-state index is 5.41. The second-order valence-electron chi connectivity index (χ2n) is 4.86. The minimum absolute atomic E-state index is 0.522. The van der Waals surface area contributed by atoms with Crippen molar-refractivity contribution >= 4 is 5.69 Å². The van der Waals surface area contributed by atoms with Crippen LogP contribution < -0.4 is 5.32 Å². The largest absolute Gasteiger partial charge is 0.380 e. The zero-order chi connectivity index (χ0) is 10.8. The van der Waals surface area contributed by atoms with Crippen LogP contribution in [0.4, 0.5) is 5.69 Å². The Bertz CT molecular complexity index is 369. The van der Waals surface area contributed by atoms with Crippen LogP contribution in [0.3, 0.4) is 0 Å². The molecule has 2 aliphatic rings. The molecule has 1 fully saturated rings. The Balaban J connectivity index is 1.82. The quantitative estimate of drug-likeness (QED) is 0.822.